The van der Waals surface area contributed by atoms with Gasteiger partial charge in [0, 0.05) is 41.8 Å². The van der Waals surface area contributed by atoms with Crippen LogP contribution >= 0.6 is 23.1 Å². The molecule has 0 bridgehead atoms. The zero-order valence-corrected chi connectivity index (χ0v) is 19.8. The number of aromatic nitrogens is 1. The molecule has 4 heterocycles. The van der Waals surface area contributed by atoms with Crippen LogP contribution in [0.4, 0.5) is 5.69 Å². The topological polar surface area (TPSA) is 80.6 Å². The number of carbonyl (C=O) groups excluding carboxylic acids is 1. The van der Waals surface area contributed by atoms with Crippen LogP contribution in [0, 0.1) is 0 Å². The highest BCUT2D eigenvalue weighted by atomic mass is 32.2. The Labute approximate surface area is 195 Å². The molecule has 1 aromatic carbocycles. The Kier molecular flexibility index (Phi) is 6.13. The van der Waals surface area contributed by atoms with E-state index in [1.807, 2.05) is 40.9 Å². The molecule has 168 valence electrons. The summed E-state index contributed by atoms with van der Waals surface area (Å²) in [4.78, 5) is 14.8. The van der Waals surface area contributed by atoms with Crippen LogP contribution in [0.5, 0.6) is 0 Å². The lowest BCUT2D eigenvalue weighted by atomic mass is 10.1. The number of nitrogens with one attached hydrogen (secondary N) is 1. The Bertz CT molecular complexity index is 1230. The van der Waals surface area contributed by atoms with Gasteiger partial charge in [0.15, 0.2) is 0 Å². The van der Waals surface area contributed by atoms with Gasteiger partial charge >= 0.3 is 0 Å². The summed E-state index contributed by atoms with van der Waals surface area (Å²) in [7, 11) is -3.63. The summed E-state index contributed by atoms with van der Waals surface area (Å²) >= 11 is 3.53. The fourth-order valence-corrected chi connectivity index (χ4v) is 7.87. The molecule has 10 heteroatoms. The largest absolute Gasteiger partial charge is 0.379 e. The average Bonchev–Trinajstić information content (AvgIpc) is 3.47. The molecule has 1 saturated heterocycles. The first kappa shape index (κ1) is 21.7. The fourth-order valence-electron chi connectivity index (χ4n) is 3.97. The van der Waals surface area contributed by atoms with E-state index in [2.05, 4.69) is 5.32 Å². The molecule has 1 N–H and O–H groups in total. The quantitative estimate of drug-likeness (QED) is 0.592. The summed E-state index contributed by atoms with van der Waals surface area (Å²) in [5, 5.41) is 3.85. The van der Waals surface area contributed by atoms with Gasteiger partial charge in [-0.3, -0.25) is 4.79 Å². The summed E-state index contributed by atoms with van der Waals surface area (Å²) in [6, 6.07) is 10.4. The average molecular weight is 490 g/mol. The molecule has 1 amide bonds. The predicted molar refractivity (Wildman–Crippen MR) is 127 cm³/mol. The van der Waals surface area contributed by atoms with E-state index in [1.165, 1.54) is 15.2 Å². The van der Waals surface area contributed by atoms with Crippen molar-refractivity contribution in [3.05, 3.63) is 64.8 Å². The molecule has 0 unspecified atom stereocenters. The van der Waals surface area contributed by atoms with Crippen molar-refractivity contribution in [2.75, 3.05) is 37.4 Å². The van der Waals surface area contributed by atoms with Crippen molar-refractivity contribution in [1.82, 2.24) is 8.87 Å². The lowest BCUT2D eigenvalue weighted by molar-refractivity contribution is 0.0730. The van der Waals surface area contributed by atoms with Crippen molar-refractivity contribution in [2.45, 2.75) is 17.1 Å². The van der Waals surface area contributed by atoms with Crippen LogP contribution in [0.2, 0.25) is 0 Å². The Morgan fingerprint density at radius 3 is 2.66 bits per heavy atom. The van der Waals surface area contributed by atoms with E-state index in [0.29, 0.717) is 37.6 Å². The number of amides is 1. The standard InChI is InChI=1S/C22H23N3O4S3/c26-21(20-18-6-13-30-15-19(18)31-22(20)24-7-1-2-8-24)23-16-4-3-5-17(14-16)32(27,28)25-9-11-29-12-10-25/h1-5,7-8,14H,6,9-13,15H2,(H,23,26). The first-order valence-electron chi connectivity index (χ1n) is 10.4. The van der Waals surface area contributed by atoms with Crippen molar-refractivity contribution >= 4 is 44.7 Å². The number of benzene rings is 1. The van der Waals surface area contributed by atoms with Crippen LogP contribution < -0.4 is 5.32 Å². The maximum atomic E-state index is 13.4. The molecular weight excluding hydrogens is 466 g/mol. The van der Waals surface area contributed by atoms with Gasteiger partial charge in [0.05, 0.1) is 23.7 Å². The van der Waals surface area contributed by atoms with Gasteiger partial charge in [0.25, 0.3) is 5.91 Å². The van der Waals surface area contributed by atoms with Gasteiger partial charge in [0.2, 0.25) is 10.0 Å². The third-order valence-electron chi connectivity index (χ3n) is 5.57. The zero-order valence-electron chi connectivity index (χ0n) is 17.3. The number of hydrogen-bond donors (Lipinski definition) is 1. The number of sulfonamides is 1. The predicted octanol–water partition coefficient (Wildman–Crippen LogP) is 3.60. The van der Waals surface area contributed by atoms with E-state index in [9.17, 15) is 13.2 Å². The highest BCUT2D eigenvalue weighted by Crippen LogP contribution is 2.38. The van der Waals surface area contributed by atoms with Crippen LogP contribution in [0.3, 0.4) is 0 Å². The number of hydrogen-bond acceptors (Lipinski definition) is 6. The summed E-state index contributed by atoms with van der Waals surface area (Å²) in [5.41, 5.74) is 2.25. The van der Waals surface area contributed by atoms with Gasteiger partial charge in [-0.15, -0.1) is 11.3 Å². The number of carbonyl (C=O) groups is 1. The lowest BCUT2D eigenvalue weighted by Crippen LogP contribution is -2.40. The highest BCUT2D eigenvalue weighted by Gasteiger charge is 2.28. The van der Waals surface area contributed by atoms with Crippen LogP contribution in [-0.2, 0) is 26.9 Å². The van der Waals surface area contributed by atoms with E-state index in [1.54, 1.807) is 29.5 Å². The second-order valence-corrected chi connectivity index (χ2v) is 11.7. The van der Waals surface area contributed by atoms with Gasteiger partial charge in [-0.2, -0.15) is 16.1 Å². The van der Waals surface area contributed by atoms with Crippen molar-refractivity contribution in [3.8, 4) is 5.00 Å². The molecule has 0 radical (unpaired) electrons. The minimum atomic E-state index is -3.63. The van der Waals surface area contributed by atoms with E-state index in [-0.39, 0.29) is 10.8 Å². The second-order valence-electron chi connectivity index (χ2n) is 7.58. The number of nitrogens with zero attached hydrogens (tertiary/aromatic N) is 2. The third-order valence-corrected chi connectivity index (χ3v) is 9.88. The van der Waals surface area contributed by atoms with Crippen LogP contribution in [-0.4, -0.2) is 55.3 Å². The van der Waals surface area contributed by atoms with Crippen LogP contribution in [0.15, 0.2) is 53.7 Å². The zero-order chi connectivity index (χ0) is 22.1. The SMILES string of the molecule is O=C(Nc1cccc(S(=O)(=O)N2CCOCC2)c1)c1c(-n2cccc2)sc2c1CCSC2. The van der Waals surface area contributed by atoms with Gasteiger partial charge in [0.1, 0.15) is 5.00 Å². The number of thioether (sulfide) groups is 1. The molecule has 2 aliphatic heterocycles. The Morgan fingerprint density at radius 1 is 1.09 bits per heavy atom. The monoisotopic (exact) mass is 489 g/mol. The molecule has 3 aromatic rings. The maximum Gasteiger partial charge on any atom is 0.258 e. The molecule has 1 fully saturated rings. The van der Waals surface area contributed by atoms with Crippen LogP contribution in [0.25, 0.3) is 5.00 Å². The molecule has 0 atom stereocenters. The number of anilines is 1. The Balaban J connectivity index is 1.45. The van der Waals surface area contributed by atoms with Gasteiger partial charge in [-0.1, -0.05) is 6.07 Å². The molecule has 0 saturated carbocycles. The second kappa shape index (κ2) is 9.03. The Morgan fingerprint density at radius 2 is 1.88 bits per heavy atom. The van der Waals surface area contributed by atoms with E-state index in [0.717, 1.165) is 28.5 Å². The maximum absolute atomic E-state index is 13.4. The van der Waals surface area contributed by atoms with E-state index >= 15 is 0 Å². The van der Waals surface area contributed by atoms with Crippen molar-refractivity contribution in [1.29, 1.82) is 0 Å². The first-order chi connectivity index (χ1) is 15.5. The first-order valence-corrected chi connectivity index (χ1v) is 13.8. The molecule has 2 aliphatic rings. The van der Waals surface area contributed by atoms with Crippen molar-refractivity contribution in [3.63, 3.8) is 0 Å². The summed E-state index contributed by atoms with van der Waals surface area (Å²) in [6.45, 7) is 1.44. The summed E-state index contributed by atoms with van der Waals surface area (Å²) in [5.74, 6) is 1.69. The lowest BCUT2D eigenvalue weighted by Gasteiger charge is -2.26. The molecule has 7 nitrogen and oxygen atoms in total. The molecule has 0 aliphatic carbocycles. The van der Waals surface area contributed by atoms with Gasteiger partial charge in [-0.05, 0) is 48.1 Å². The molecule has 5 rings (SSSR count). The molecule has 0 spiro atoms. The van der Waals surface area contributed by atoms with Crippen LogP contribution in [0.1, 0.15) is 20.8 Å². The number of ether oxygens (including phenoxy) is 1. The summed E-state index contributed by atoms with van der Waals surface area (Å²) in [6.07, 6.45) is 4.74. The third kappa shape index (κ3) is 4.13. The number of morpholine rings is 1. The normalized spacial score (nSPS) is 17.1. The fraction of sp³-hybridized carbons (Fsp3) is 0.318. The number of fused-ring (bicyclic) bond motifs is 1. The molecule has 2 aromatic heterocycles. The molecular formula is C22H23N3O4S3. The van der Waals surface area contributed by atoms with Crippen molar-refractivity contribution < 1.29 is 17.9 Å². The van der Waals surface area contributed by atoms with E-state index < -0.39 is 10.0 Å². The molecule has 32 heavy (non-hydrogen) atoms. The van der Waals surface area contributed by atoms with Gasteiger partial charge in [-0.25, -0.2) is 8.42 Å². The minimum Gasteiger partial charge on any atom is -0.379 e. The Hall–Kier alpha value is -2.11. The minimum absolute atomic E-state index is 0.173. The smallest absolute Gasteiger partial charge is 0.258 e. The number of thiophene rings is 1. The number of rotatable bonds is 5. The summed E-state index contributed by atoms with van der Waals surface area (Å²) < 4.78 is 34.7. The van der Waals surface area contributed by atoms with E-state index in [4.69, 9.17) is 4.74 Å². The van der Waals surface area contributed by atoms with Gasteiger partial charge < -0.3 is 14.6 Å². The highest BCUT2D eigenvalue weighted by molar-refractivity contribution is 7.98. The van der Waals surface area contributed by atoms with Crippen molar-refractivity contribution in [2.24, 2.45) is 0 Å².